The van der Waals surface area contributed by atoms with Crippen LogP contribution < -0.4 is 0 Å². The summed E-state index contributed by atoms with van der Waals surface area (Å²) in [6, 6.07) is 1.86. The molecule has 2 N–H and O–H groups in total. The second-order valence-electron chi connectivity index (χ2n) is 7.95. The number of imidazole rings is 1. The molecule has 2 aromatic rings. The van der Waals surface area contributed by atoms with Crippen molar-refractivity contribution in [1.82, 2.24) is 19.9 Å². The number of hydrogen-bond acceptors (Lipinski definition) is 4. The van der Waals surface area contributed by atoms with Gasteiger partial charge in [-0.2, -0.15) is 0 Å². The number of hydrogen-bond donors (Lipinski definition) is 2. The lowest BCUT2D eigenvalue weighted by molar-refractivity contribution is -0.141. The first-order chi connectivity index (χ1) is 13.1. The van der Waals surface area contributed by atoms with Gasteiger partial charge in [0.05, 0.1) is 17.2 Å². The molecule has 2 aliphatic rings. The standard InChI is InChI=1S/C20H26N4O3/c25-19(26)10-14-6-8-24(20(27)13-3-1-2-4-13)12-15(14)9-18-22-16-5-7-21-11-17(16)23-18/h5,7,11,13-15H,1-4,6,8-10,12H2,(H,22,23)(H,25,26). The Hall–Kier alpha value is -2.44. The van der Waals surface area contributed by atoms with Gasteiger partial charge in [-0.05, 0) is 37.2 Å². The first-order valence-corrected chi connectivity index (χ1v) is 9.89. The number of aromatic nitrogens is 3. The Morgan fingerprint density at radius 2 is 2.04 bits per heavy atom. The van der Waals surface area contributed by atoms with Crippen LogP contribution >= 0.6 is 0 Å². The number of carbonyl (C=O) groups excluding carboxylic acids is 1. The normalized spacial score (nSPS) is 23.8. The van der Waals surface area contributed by atoms with Crippen LogP contribution in [0.5, 0.6) is 0 Å². The lowest BCUT2D eigenvalue weighted by Gasteiger charge is -2.39. The van der Waals surface area contributed by atoms with Crippen molar-refractivity contribution in [1.29, 1.82) is 0 Å². The highest BCUT2D eigenvalue weighted by Gasteiger charge is 2.36. The summed E-state index contributed by atoms with van der Waals surface area (Å²) in [7, 11) is 0. The third-order valence-electron chi connectivity index (χ3n) is 6.13. The topological polar surface area (TPSA) is 99.2 Å². The van der Waals surface area contributed by atoms with E-state index in [-0.39, 0.29) is 30.1 Å². The monoisotopic (exact) mass is 370 g/mol. The molecule has 3 heterocycles. The van der Waals surface area contributed by atoms with Crippen molar-refractivity contribution in [2.45, 2.75) is 44.9 Å². The minimum Gasteiger partial charge on any atom is -0.481 e. The Kier molecular flexibility index (Phi) is 5.09. The molecule has 0 aromatic carbocycles. The van der Waals surface area contributed by atoms with Gasteiger partial charge in [-0.3, -0.25) is 14.6 Å². The van der Waals surface area contributed by atoms with Crippen LogP contribution in [0.4, 0.5) is 0 Å². The lowest BCUT2D eigenvalue weighted by atomic mass is 9.80. The summed E-state index contributed by atoms with van der Waals surface area (Å²) in [5.74, 6) is 0.678. The average molecular weight is 370 g/mol. The van der Waals surface area contributed by atoms with E-state index in [1.807, 2.05) is 11.0 Å². The predicted octanol–water partition coefficient (Wildman–Crippen LogP) is 2.63. The van der Waals surface area contributed by atoms with Gasteiger partial charge in [0.2, 0.25) is 5.91 Å². The summed E-state index contributed by atoms with van der Waals surface area (Å²) in [5.41, 5.74) is 1.75. The number of carboxylic acid groups (broad SMARTS) is 1. The molecular weight excluding hydrogens is 344 g/mol. The van der Waals surface area contributed by atoms with Crippen molar-refractivity contribution >= 4 is 22.9 Å². The van der Waals surface area contributed by atoms with Gasteiger partial charge in [-0.1, -0.05) is 12.8 Å². The zero-order chi connectivity index (χ0) is 18.8. The summed E-state index contributed by atoms with van der Waals surface area (Å²) in [4.78, 5) is 38.2. The van der Waals surface area contributed by atoms with E-state index in [4.69, 9.17) is 0 Å². The highest BCUT2D eigenvalue weighted by Crippen LogP contribution is 2.33. The van der Waals surface area contributed by atoms with Gasteiger partial charge in [-0.25, -0.2) is 4.98 Å². The number of carbonyl (C=O) groups is 2. The minimum atomic E-state index is -0.769. The number of likely N-dealkylation sites (tertiary alicyclic amines) is 1. The molecule has 1 amide bonds. The maximum Gasteiger partial charge on any atom is 0.303 e. The van der Waals surface area contributed by atoms with Gasteiger partial charge >= 0.3 is 5.97 Å². The molecule has 1 saturated carbocycles. The van der Waals surface area contributed by atoms with Gasteiger partial charge in [0.15, 0.2) is 0 Å². The number of H-pyrrole nitrogens is 1. The van der Waals surface area contributed by atoms with Crippen LogP contribution in [0.3, 0.4) is 0 Å². The Bertz CT molecular complexity index is 794. The van der Waals surface area contributed by atoms with Crippen molar-refractivity contribution in [3.05, 3.63) is 24.3 Å². The SMILES string of the molecule is O=C(O)CC1CCN(C(=O)C2CCCC2)CC1Cc1nc2ccncc2[nH]1. The molecule has 0 spiro atoms. The molecule has 2 atom stereocenters. The Morgan fingerprint density at radius 1 is 1.22 bits per heavy atom. The number of pyridine rings is 1. The molecule has 2 aromatic heterocycles. The maximum atomic E-state index is 12.8. The Morgan fingerprint density at radius 3 is 2.78 bits per heavy atom. The second-order valence-corrected chi connectivity index (χ2v) is 7.95. The van der Waals surface area contributed by atoms with Gasteiger partial charge in [0.1, 0.15) is 5.82 Å². The Balaban J connectivity index is 1.50. The molecule has 7 nitrogen and oxygen atoms in total. The van der Waals surface area contributed by atoms with Crippen LogP contribution in [0.2, 0.25) is 0 Å². The maximum absolute atomic E-state index is 12.8. The summed E-state index contributed by atoms with van der Waals surface area (Å²) in [5, 5.41) is 9.30. The van der Waals surface area contributed by atoms with Crippen molar-refractivity contribution in [2.75, 3.05) is 13.1 Å². The number of amides is 1. The first-order valence-electron chi connectivity index (χ1n) is 9.89. The molecular formula is C20H26N4O3. The van der Waals surface area contributed by atoms with E-state index in [9.17, 15) is 14.7 Å². The first kappa shape index (κ1) is 17.9. The molecule has 0 bridgehead atoms. The van der Waals surface area contributed by atoms with Gasteiger partial charge < -0.3 is 15.0 Å². The fraction of sp³-hybridized carbons (Fsp3) is 0.600. The van der Waals surface area contributed by atoms with Crippen molar-refractivity contribution in [3.8, 4) is 0 Å². The van der Waals surface area contributed by atoms with Crippen LogP contribution in [-0.4, -0.2) is 49.9 Å². The molecule has 144 valence electrons. The molecule has 2 fully saturated rings. The van der Waals surface area contributed by atoms with Gasteiger partial charge in [0, 0.05) is 38.0 Å². The molecule has 27 heavy (non-hydrogen) atoms. The predicted molar refractivity (Wildman–Crippen MR) is 100.0 cm³/mol. The summed E-state index contributed by atoms with van der Waals surface area (Å²) < 4.78 is 0. The zero-order valence-corrected chi connectivity index (χ0v) is 15.4. The number of rotatable bonds is 5. The van der Waals surface area contributed by atoms with E-state index < -0.39 is 5.97 Å². The quantitative estimate of drug-likeness (QED) is 0.843. The summed E-state index contributed by atoms with van der Waals surface area (Å²) >= 11 is 0. The highest BCUT2D eigenvalue weighted by molar-refractivity contribution is 5.79. The number of nitrogens with zero attached hydrogens (tertiary/aromatic N) is 3. The zero-order valence-electron chi connectivity index (χ0n) is 15.4. The van der Waals surface area contributed by atoms with Crippen LogP contribution in [0, 0.1) is 17.8 Å². The Labute approximate surface area is 158 Å². The lowest BCUT2D eigenvalue weighted by Crippen LogP contribution is -2.46. The van der Waals surface area contributed by atoms with E-state index in [0.29, 0.717) is 19.5 Å². The van der Waals surface area contributed by atoms with E-state index in [1.54, 1.807) is 12.4 Å². The van der Waals surface area contributed by atoms with E-state index in [2.05, 4.69) is 15.0 Å². The molecule has 1 aliphatic carbocycles. The molecule has 2 unspecified atom stereocenters. The largest absolute Gasteiger partial charge is 0.481 e. The van der Waals surface area contributed by atoms with Crippen molar-refractivity contribution in [2.24, 2.45) is 17.8 Å². The third kappa shape index (κ3) is 3.96. The van der Waals surface area contributed by atoms with Crippen LogP contribution in [0.15, 0.2) is 18.5 Å². The molecule has 4 rings (SSSR count). The van der Waals surface area contributed by atoms with Gasteiger partial charge in [-0.15, -0.1) is 0 Å². The number of carboxylic acids is 1. The van der Waals surface area contributed by atoms with E-state index in [1.165, 1.54) is 0 Å². The van der Waals surface area contributed by atoms with Crippen LogP contribution in [-0.2, 0) is 16.0 Å². The third-order valence-corrected chi connectivity index (χ3v) is 6.13. The number of aromatic amines is 1. The summed E-state index contributed by atoms with van der Waals surface area (Å²) in [6.07, 6.45) is 9.28. The summed E-state index contributed by atoms with van der Waals surface area (Å²) in [6.45, 7) is 1.30. The number of fused-ring (bicyclic) bond motifs is 1. The van der Waals surface area contributed by atoms with E-state index >= 15 is 0 Å². The van der Waals surface area contributed by atoms with Crippen LogP contribution in [0.1, 0.15) is 44.3 Å². The average Bonchev–Trinajstić information content (AvgIpc) is 3.31. The highest BCUT2D eigenvalue weighted by atomic mass is 16.4. The number of aliphatic carboxylic acids is 1. The molecule has 1 saturated heterocycles. The smallest absolute Gasteiger partial charge is 0.303 e. The van der Waals surface area contributed by atoms with Crippen LogP contribution in [0.25, 0.3) is 11.0 Å². The fourth-order valence-corrected chi connectivity index (χ4v) is 4.69. The molecule has 0 radical (unpaired) electrons. The number of piperidine rings is 1. The van der Waals surface area contributed by atoms with E-state index in [0.717, 1.165) is 49.0 Å². The van der Waals surface area contributed by atoms with Crippen molar-refractivity contribution < 1.29 is 14.7 Å². The van der Waals surface area contributed by atoms with Crippen molar-refractivity contribution in [3.63, 3.8) is 0 Å². The fourth-order valence-electron chi connectivity index (χ4n) is 4.69. The second kappa shape index (κ2) is 7.66. The minimum absolute atomic E-state index is 0.0708. The molecule has 7 heteroatoms. The van der Waals surface area contributed by atoms with Gasteiger partial charge in [0.25, 0.3) is 0 Å². The molecule has 1 aliphatic heterocycles. The number of nitrogens with one attached hydrogen (secondary N) is 1.